The number of hydrogen-bond acceptors (Lipinski definition) is 4. The molecule has 162 valence electrons. The summed E-state index contributed by atoms with van der Waals surface area (Å²) in [6.07, 6.45) is 2.21. The molecule has 5 rings (SSSR count). The van der Waals surface area contributed by atoms with E-state index in [4.69, 9.17) is 13.9 Å². The first-order valence-corrected chi connectivity index (χ1v) is 10.4. The van der Waals surface area contributed by atoms with Crippen LogP contribution >= 0.6 is 0 Å². The van der Waals surface area contributed by atoms with Crippen molar-refractivity contribution in [2.45, 2.75) is 32.5 Å². The van der Waals surface area contributed by atoms with Crippen LogP contribution < -0.4 is 14.9 Å². The molecule has 0 N–H and O–H groups in total. The molecule has 6 heteroatoms. The lowest BCUT2D eigenvalue weighted by Crippen LogP contribution is -2.11. The van der Waals surface area contributed by atoms with Gasteiger partial charge in [0.15, 0.2) is 5.43 Å². The molecule has 0 unspecified atom stereocenters. The average Bonchev–Trinajstić information content (AvgIpc) is 3.27. The standard InChI is InChI=1S/C26H20F2O4/c27-20-9-3-1-6-16(20)14-30-18-12-23(31-15-17-7-2-4-10-21(17)28)25-24(13-18)32-22-11-5-8-19(22)26(25)29/h1-4,6-7,9-10,12-13H,5,8,11,14-15H2. The van der Waals surface area contributed by atoms with Crippen LogP contribution in [0.5, 0.6) is 11.5 Å². The fourth-order valence-electron chi connectivity index (χ4n) is 3.97. The van der Waals surface area contributed by atoms with E-state index in [9.17, 15) is 13.6 Å². The summed E-state index contributed by atoms with van der Waals surface area (Å²) in [7, 11) is 0. The van der Waals surface area contributed by atoms with Crippen molar-refractivity contribution in [1.29, 1.82) is 0 Å². The summed E-state index contributed by atoms with van der Waals surface area (Å²) >= 11 is 0. The number of ether oxygens (including phenoxy) is 2. The Labute approximate surface area is 183 Å². The fraction of sp³-hybridized carbons (Fsp3) is 0.192. The molecule has 0 aliphatic heterocycles. The lowest BCUT2D eigenvalue weighted by atomic mass is 10.1. The Morgan fingerprint density at radius 3 is 2.19 bits per heavy atom. The van der Waals surface area contributed by atoms with E-state index in [1.807, 2.05) is 0 Å². The van der Waals surface area contributed by atoms with Crippen molar-refractivity contribution in [1.82, 2.24) is 0 Å². The molecule has 0 amide bonds. The van der Waals surface area contributed by atoms with Gasteiger partial charge in [-0.2, -0.15) is 0 Å². The lowest BCUT2D eigenvalue weighted by molar-refractivity contribution is 0.286. The van der Waals surface area contributed by atoms with E-state index in [0.29, 0.717) is 52.0 Å². The monoisotopic (exact) mass is 434 g/mol. The van der Waals surface area contributed by atoms with E-state index in [-0.39, 0.29) is 30.2 Å². The Balaban J connectivity index is 1.53. The zero-order valence-electron chi connectivity index (χ0n) is 17.2. The van der Waals surface area contributed by atoms with Crippen molar-refractivity contribution in [2.75, 3.05) is 0 Å². The molecule has 1 aliphatic carbocycles. The second kappa shape index (κ2) is 8.46. The van der Waals surface area contributed by atoms with Crippen LogP contribution in [0.3, 0.4) is 0 Å². The molecular formula is C26H20F2O4. The third-order valence-electron chi connectivity index (χ3n) is 5.63. The highest BCUT2D eigenvalue weighted by Gasteiger charge is 2.22. The summed E-state index contributed by atoms with van der Waals surface area (Å²) < 4.78 is 45.7. The van der Waals surface area contributed by atoms with Crippen LogP contribution in [-0.2, 0) is 26.1 Å². The topological polar surface area (TPSA) is 48.7 Å². The zero-order chi connectivity index (χ0) is 22.1. The van der Waals surface area contributed by atoms with E-state index < -0.39 is 5.82 Å². The molecule has 0 saturated heterocycles. The number of benzene rings is 3. The third-order valence-corrected chi connectivity index (χ3v) is 5.63. The summed E-state index contributed by atoms with van der Waals surface area (Å²) in [6.45, 7) is -0.0603. The Hall–Kier alpha value is -3.67. The normalized spacial score (nSPS) is 12.7. The van der Waals surface area contributed by atoms with Gasteiger partial charge < -0.3 is 13.9 Å². The van der Waals surface area contributed by atoms with Crippen LogP contribution in [0.1, 0.15) is 28.9 Å². The maximum absolute atomic E-state index is 14.1. The maximum Gasteiger partial charge on any atom is 0.199 e. The quantitative estimate of drug-likeness (QED) is 0.390. The number of aryl methyl sites for hydroxylation is 1. The number of hydrogen-bond donors (Lipinski definition) is 0. The van der Waals surface area contributed by atoms with E-state index in [1.54, 1.807) is 48.5 Å². The van der Waals surface area contributed by atoms with E-state index in [2.05, 4.69) is 0 Å². The van der Waals surface area contributed by atoms with Crippen molar-refractivity contribution in [3.63, 3.8) is 0 Å². The van der Waals surface area contributed by atoms with E-state index >= 15 is 0 Å². The molecule has 0 fully saturated rings. The predicted molar refractivity (Wildman–Crippen MR) is 116 cm³/mol. The fourth-order valence-corrected chi connectivity index (χ4v) is 3.97. The van der Waals surface area contributed by atoms with Crippen LogP contribution in [0.2, 0.25) is 0 Å². The first-order valence-electron chi connectivity index (χ1n) is 10.4. The summed E-state index contributed by atoms with van der Waals surface area (Å²) in [5.41, 5.74) is 1.63. The summed E-state index contributed by atoms with van der Waals surface area (Å²) in [5, 5.41) is 0.306. The largest absolute Gasteiger partial charge is 0.489 e. The molecule has 0 radical (unpaired) electrons. The second-order valence-electron chi connectivity index (χ2n) is 7.74. The van der Waals surface area contributed by atoms with Crippen LogP contribution in [0.25, 0.3) is 11.0 Å². The highest BCUT2D eigenvalue weighted by Crippen LogP contribution is 2.34. The molecule has 0 atom stereocenters. The Morgan fingerprint density at radius 2 is 1.50 bits per heavy atom. The van der Waals surface area contributed by atoms with Crippen molar-refractivity contribution in [3.05, 3.63) is 105 Å². The molecule has 0 bridgehead atoms. The van der Waals surface area contributed by atoms with Gasteiger partial charge >= 0.3 is 0 Å². The zero-order valence-corrected chi connectivity index (χ0v) is 17.2. The van der Waals surface area contributed by atoms with E-state index in [1.165, 1.54) is 12.1 Å². The summed E-state index contributed by atoms with van der Waals surface area (Å²) in [4.78, 5) is 13.2. The van der Waals surface area contributed by atoms with Crippen molar-refractivity contribution in [2.24, 2.45) is 0 Å². The second-order valence-corrected chi connectivity index (χ2v) is 7.74. The van der Waals surface area contributed by atoms with Gasteiger partial charge in [0.05, 0.1) is 0 Å². The van der Waals surface area contributed by atoms with Gasteiger partial charge in [-0.3, -0.25) is 4.79 Å². The smallest absolute Gasteiger partial charge is 0.199 e. The first kappa shape index (κ1) is 20.2. The molecule has 1 heterocycles. The number of rotatable bonds is 6. The van der Waals surface area contributed by atoms with E-state index in [0.717, 1.165) is 6.42 Å². The third kappa shape index (κ3) is 3.84. The van der Waals surface area contributed by atoms with Gasteiger partial charge in [0.25, 0.3) is 0 Å². The highest BCUT2D eigenvalue weighted by molar-refractivity contribution is 5.86. The SMILES string of the molecule is O=c1c2c(oc3cc(OCc4ccccc4F)cc(OCc4ccccc4F)c13)CCC2. The number of halogens is 2. The van der Waals surface area contributed by atoms with Crippen LogP contribution in [0.4, 0.5) is 8.78 Å². The number of fused-ring (bicyclic) bond motifs is 2. The minimum absolute atomic E-state index is 0.000105. The lowest BCUT2D eigenvalue weighted by Gasteiger charge is -2.14. The molecule has 32 heavy (non-hydrogen) atoms. The molecule has 0 saturated carbocycles. The summed E-state index contributed by atoms with van der Waals surface area (Å²) in [5.74, 6) is 0.530. The molecule has 1 aromatic heterocycles. The van der Waals surface area contributed by atoms with Gasteiger partial charge in [-0.15, -0.1) is 0 Å². The van der Waals surface area contributed by atoms with Crippen LogP contribution in [-0.4, -0.2) is 0 Å². The van der Waals surface area contributed by atoms with Crippen molar-refractivity contribution in [3.8, 4) is 11.5 Å². The minimum Gasteiger partial charge on any atom is -0.489 e. The highest BCUT2D eigenvalue weighted by atomic mass is 19.1. The maximum atomic E-state index is 14.1. The minimum atomic E-state index is -0.392. The summed E-state index contributed by atoms with van der Waals surface area (Å²) in [6, 6.07) is 15.8. The van der Waals surface area contributed by atoms with Crippen molar-refractivity contribution < 1.29 is 22.7 Å². The Kier molecular flexibility index (Phi) is 5.35. The molecule has 4 nitrogen and oxygen atoms in total. The Bertz CT molecular complexity index is 1360. The molecule has 0 spiro atoms. The first-order chi connectivity index (χ1) is 15.6. The van der Waals surface area contributed by atoms with Gasteiger partial charge in [-0.1, -0.05) is 36.4 Å². The molecule has 4 aromatic rings. The molecule has 3 aromatic carbocycles. The van der Waals surface area contributed by atoms with Gasteiger partial charge in [0.2, 0.25) is 0 Å². The predicted octanol–water partition coefficient (Wildman–Crippen LogP) is 5.72. The van der Waals surface area contributed by atoms with Gasteiger partial charge in [0.1, 0.15) is 53.1 Å². The molecule has 1 aliphatic rings. The van der Waals surface area contributed by atoms with Gasteiger partial charge in [-0.25, -0.2) is 8.78 Å². The van der Waals surface area contributed by atoms with Crippen LogP contribution in [0, 0.1) is 11.6 Å². The van der Waals surface area contributed by atoms with Crippen LogP contribution in [0.15, 0.2) is 69.9 Å². The molecular weight excluding hydrogens is 414 g/mol. The Morgan fingerprint density at radius 1 is 0.844 bits per heavy atom. The average molecular weight is 434 g/mol. The van der Waals surface area contributed by atoms with Gasteiger partial charge in [-0.05, 0) is 25.0 Å². The van der Waals surface area contributed by atoms with Gasteiger partial charge in [0, 0.05) is 35.2 Å². The van der Waals surface area contributed by atoms with Crippen molar-refractivity contribution >= 4 is 11.0 Å².